The van der Waals surface area contributed by atoms with E-state index in [1.807, 2.05) is 0 Å². The van der Waals surface area contributed by atoms with Gasteiger partial charge in [0.2, 0.25) is 0 Å². The summed E-state index contributed by atoms with van der Waals surface area (Å²) in [6, 6.07) is 46.7. The van der Waals surface area contributed by atoms with Crippen LogP contribution in [0.1, 0.15) is 86.1 Å². The highest BCUT2D eigenvalue weighted by Crippen LogP contribution is 2.56. The topological polar surface area (TPSA) is 0 Å². The Bertz CT molecular complexity index is 2590. The minimum Gasteiger partial charge on any atom is -0.0622 e. The zero-order valence-electron chi connectivity index (χ0n) is 35.5. The summed E-state index contributed by atoms with van der Waals surface area (Å²) in [6.07, 6.45) is 0. The fourth-order valence-corrected chi connectivity index (χ4v) is 9.64. The predicted octanol–water partition coefficient (Wildman–Crippen LogP) is 16.3. The first kappa shape index (κ1) is 37.5. The Morgan fingerprint density at radius 1 is 0.304 bits per heavy atom. The quantitative estimate of drug-likeness (QED) is 0.158. The molecule has 0 nitrogen and oxygen atoms in total. The highest BCUT2D eigenvalue weighted by Gasteiger charge is 2.30. The largest absolute Gasteiger partial charge is 0.0622 e. The van der Waals surface area contributed by atoms with Crippen molar-refractivity contribution in [3.05, 3.63) is 166 Å². The van der Waals surface area contributed by atoms with Crippen LogP contribution in [0.3, 0.4) is 0 Å². The first-order valence-electron chi connectivity index (χ1n) is 20.4. The summed E-state index contributed by atoms with van der Waals surface area (Å²) >= 11 is 0. The lowest BCUT2D eigenvalue weighted by Gasteiger charge is -2.29. The SMILES string of the molecule is Cc1cc(C)c(-c2c3cc(C(C)(C)C)ccc3c(-c3ccccc3)c3c(-c4c(C)cc(C)cc4C)c4cc(C(C)(C)C)ccc4c(-c4ccccc4)c23)c(C)c1. The third-order valence-electron chi connectivity index (χ3n) is 12.1. The van der Waals surface area contributed by atoms with Crippen molar-refractivity contribution in [2.24, 2.45) is 0 Å². The summed E-state index contributed by atoms with van der Waals surface area (Å²) in [7, 11) is 0. The minimum atomic E-state index is -0.0268. The predicted molar refractivity (Wildman–Crippen MR) is 247 cm³/mol. The average Bonchev–Trinajstić information content (AvgIpc) is 3.13. The first-order chi connectivity index (χ1) is 26.5. The molecule has 0 aliphatic carbocycles. The van der Waals surface area contributed by atoms with Gasteiger partial charge in [0.25, 0.3) is 0 Å². The third kappa shape index (κ3) is 6.24. The summed E-state index contributed by atoms with van der Waals surface area (Å²) in [6.45, 7) is 27.8. The number of aryl methyl sites for hydroxylation is 6. The van der Waals surface area contributed by atoms with Gasteiger partial charge in [0, 0.05) is 0 Å². The van der Waals surface area contributed by atoms with Gasteiger partial charge in [0.1, 0.15) is 0 Å². The van der Waals surface area contributed by atoms with Crippen molar-refractivity contribution in [3.8, 4) is 44.5 Å². The van der Waals surface area contributed by atoms with Gasteiger partial charge in [-0.25, -0.2) is 0 Å². The van der Waals surface area contributed by atoms with E-state index < -0.39 is 0 Å². The Kier molecular flexibility index (Phi) is 9.12. The van der Waals surface area contributed by atoms with E-state index >= 15 is 0 Å². The van der Waals surface area contributed by atoms with Gasteiger partial charge < -0.3 is 0 Å². The minimum absolute atomic E-state index is 0.0268. The molecule has 0 fully saturated rings. The molecule has 0 saturated heterocycles. The van der Waals surface area contributed by atoms with Crippen LogP contribution in [0.25, 0.3) is 76.8 Å². The molecule has 0 aliphatic heterocycles. The summed E-state index contributed by atoms with van der Waals surface area (Å²) in [5.41, 5.74) is 20.9. The van der Waals surface area contributed by atoms with Crippen LogP contribution in [0.4, 0.5) is 0 Å². The third-order valence-corrected chi connectivity index (χ3v) is 12.1. The smallest absolute Gasteiger partial charge is 0.000118 e. The van der Waals surface area contributed by atoms with Crippen LogP contribution in [0.15, 0.2) is 121 Å². The molecule has 0 bridgehead atoms. The number of hydrogen-bond donors (Lipinski definition) is 0. The second-order valence-electron chi connectivity index (χ2n) is 18.6. The van der Waals surface area contributed by atoms with E-state index in [9.17, 15) is 0 Å². The maximum absolute atomic E-state index is 2.53. The zero-order chi connectivity index (χ0) is 39.8. The second-order valence-corrected chi connectivity index (χ2v) is 18.6. The second kappa shape index (κ2) is 13.6. The maximum Gasteiger partial charge on any atom is -0.000118 e. The molecule has 0 heterocycles. The van der Waals surface area contributed by atoms with E-state index in [4.69, 9.17) is 0 Å². The molecule has 56 heavy (non-hydrogen) atoms. The van der Waals surface area contributed by atoms with Gasteiger partial charge in [-0.1, -0.05) is 162 Å². The number of rotatable bonds is 4. The summed E-state index contributed by atoms with van der Waals surface area (Å²) < 4.78 is 0. The van der Waals surface area contributed by atoms with Gasteiger partial charge in [-0.3, -0.25) is 0 Å². The van der Waals surface area contributed by atoms with Crippen LogP contribution in [0, 0.1) is 41.5 Å². The molecule has 0 saturated carbocycles. The molecule has 0 radical (unpaired) electrons. The van der Waals surface area contributed by atoms with E-state index in [2.05, 4.69) is 204 Å². The van der Waals surface area contributed by atoms with Crippen LogP contribution in [0.5, 0.6) is 0 Å². The number of fused-ring (bicyclic) bond motifs is 3. The van der Waals surface area contributed by atoms with Gasteiger partial charge in [-0.05, 0) is 175 Å². The van der Waals surface area contributed by atoms with Gasteiger partial charge in [0.05, 0.1) is 0 Å². The van der Waals surface area contributed by atoms with Crippen molar-refractivity contribution in [3.63, 3.8) is 0 Å². The molecule has 0 spiro atoms. The lowest BCUT2D eigenvalue weighted by Crippen LogP contribution is -2.11. The maximum atomic E-state index is 2.53. The Labute approximate surface area is 335 Å². The van der Waals surface area contributed by atoms with Crippen LogP contribution in [-0.4, -0.2) is 0 Å². The van der Waals surface area contributed by atoms with Crippen molar-refractivity contribution >= 4 is 32.3 Å². The van der Waals surface area contributed by atoms with E-state index in [-0.39, 0.29) is 10.8 Å². The molecule has 0 aliphatic rings. The van der Waals surface area contributed by atoms with Crippen molar-refractivity contribution in [1.82, 2.24) is 0 Å². The summed E-state index contributed by atoms with van der Waals surface area (Å²) in [5.74, 6) is 0. The molecule has 8 aromatic carbocycles. The zero-order valence-corrected chi connectivity index (χ0v) is 35.5. The molecule has 0 atom stereocenters. The molecule has 0 unspecified atom stereocenters. The molecule has 0 aromatic heterocycles. The fourth-order valence-electron chi connectivity index (χ4n) is 9.64. The number of hydrogen-bond acceptors (Lipinski definition) is 0. The highest BCUT2D eigenvalue weighted by atomic mass is 14.3. The first-order valence-corrected chi connectivity index (χ1v) is 20.4. The number of benzene rings is 8. The van der Waals surface area contributed by atoms with E-state index in [1.165, 1.54) is 121 Å². The molecule has 8 rings (SSSR count). The highest BCUT2D eigenvalue weighted by molar-refractivity contribution is 6.34. The molecular formula is C56H56. The van der Waals surface area contributed by atoms with Gasteiger partial charge in [-0.15, -0.1) is 0 Å². The van der Waals surface area contributed by atoms with Crippen LogP contribution in [-0.2, 0) is 10.8 Å². The molecule has 0 amide bonds. The molecule has 280 valence electrons. The normalized spacial score (nSPS) is 12.3. The Balaban J connectivity index is 1.84. The fraction of sp³-hybridized carbons (Fsp3) is 0.250. The Morgan fingerprint density at radius 2 is 0.625 bits per heavy atom. The van der Waals surface area contributed by atoms with Crippen molar-refractivity contribution < 1.29 is 0 Å². The van der Waals surface area contributed by atoms with E-state index in [0.29, 0.717) is 0 Å². The van der Waals surface area contributed by atoms with Crippen molar-refractivity contribution in [1.29, 1.82) is 0 Å². The van der Waals surface area contributed by atoms with Crippen LogP contribution in [0.2, 0.25) is 0 Å². The molecular weight excluding hydrogens is 673 g/mol. The average molecular weight is 729 g/mol. The van der Waals surface area contributed by atoms with E-state index in [0.717, 1.165) is 0 Å². The Hall–Kier alpha value is -5.46. The van der Waals surface area contributed by atoms with Crippen molar-refractivity contribution in [2.45, 2.75) is 93.9 Å². The van der Waals surface area contributed by atoms with E-state index in [1.54, 1.807) is 0 Å². The van der Waals surface area contributed by atoms with Gasteiger partial charge in [0.15, 0.2) is 0 Å². The molecule has 0 heteroatoms. The lowest BCUT2D eigenvalue weighted by atomic mass is 9.74. The summed E-state index contributed by atoms with van der Waals surface area (Å²) in [4.78, 5) is 0. The molecule has 8 aromatic rings. The Morgan fingerprint density at radius 3 is 0.929 bits per heavy atom. The summed E-state index contributed by atoms with van der Waals surface area (Å²) in [5, 5.41) is 7.86. The monoisotopic (exact) mass is 728 g/mol. The lowest BCUT2D eigenvalue weighted by molar-refractivity contribution is 0.591. The van der Waals surface area contributed by atoms with Gasteiger partial charge >= 0.3 is 0 Å². The van der Waals surface area contributed by atoms with Gasteiger partial charge in [-0.2, -0.15) is 0 Å². The van der Waals surface area contributed by atoms with Crippen LogP contribution < -0.4 is 0 Å². The van der Waals surface area contributed by atoms with Crippen molar-refractivity contribution in [2.75, 3.05) is 0 Å². The van der Waals surface area contributed by atoms with Crippen LogP contribution >= 0.6 is 0 Å². The molecule has 0 N–H and O–H groups in total. The standard InChI is InChI=1S/C56H56/c1-33-27-35(3)47(36(4)28-33)51-45-31-41(55(7,8)9)23-25-43(45)50(40-21-17-14-18-22-40)54-52(48-37(5)29-34(2)30-38(48)6)46-32-42(56(10,11)12)24-26-44(46)49(53(51)54)39-19-15-13-16-20-39/h13-32H,1-12H3.